The molecule has 1 heterocycles. The second-order valence-corrected chi connectivity index (χ2v) is 5.05. The van der Waals surface area contributed by atoms with Gasteiger partial charge in [0.05, 0.1) is 5.56 Å². The molecule has 2 unspecified atom stereocenters. The summed E-state index contributed by atoms with van der Waals surface area (Å²) in [6, 6.07) is 3.74. The maximum atomic E-state index is 12.1. The lowest BCUT2D eigenvalue weighted by molar-refractivity contribution is 0.0920. The average molecular weight is 247 g/mol. The van der Waals surface area contributed by atoms with Gasteiger partial charge in [-0.25, -0.2) is 4.98 Å². The number of anilines is 1. The van der Waals surface area contributed by atoms with Gasteiger partial charge in [0.1, 0.15) is 5.82 Å². The standard InChI is InChI=1S/C14H21N3O/c1-2-10-5-3-6-11(9-10)17-14(18)12-7-4-8-16-13(12)15/h4,7-8,10-11H,2-3,5-6,9H2,1H3,(H2,15,16)(H,17,18). The van der Waals surface area contributed by atoms with Crippen LogP contribution in [0.5, 0.6) is 0 Å². The second-order valence-electron chi connectivity index (χ2n) is 5.05. The van der Waals surface area contributed by atoms with Crippen molar-refractivity contribution >= 4 is 11.7 Å². The molecule has 1 fully saturated rings. The molecule has 4 heteroatoms. The Bertz CT molecular complexity index is 419. The van der Waals surface area contributed by atoms with Crippen LogP contribution in [0.2, 0.25) is 0 Å². The zero-order valence-corrected chi connectivity index (χ0v) is 10.9. The number of aromatic nitrogens is 1. The summed E-state index contributed by atoms with van der Waals surface area (Å²) in [6.45, 7) is 2.22. The van der Waals surface area contributed by atoms with Gasteiger partial charge >= 0.3 is 0 Å². The SMILES string of the molecule is CCC1CCCC(NC(=O)c2cccnc2N)C1. The molecule has 0 aromatic carbocycles. The summed E-state index contributed by atoms with van der Waals surface area (Å²) in [5.74, 6) is 0.954. The van der Waals surface area contributed by atoms with Gasteiger partial charge in [0, 0.05) is 12.2 Å². The summed E-state index contributed by atoms with van der Waals surface area (Å²) in [6.07, 6.45) is 7.44. The third kappa shape index (κ3) is 3.00. The number of carbonyl (C=O) groups excluding carboxylic acids is 1. The van der Waals surface area contributed by atoms with Crippen molar-refractivity contribution in [1.29, 1.82) is 0 Å². The zero-order valence-electron chi connectivity index (χ0n) is 10.9. The van der Waals surface area contributed by atoms with Crippen LogP contribution in [0, 0.1) is 5.92 Å². The number of nitrogen functional groups attached to an aromatic ring is 1. The van der Waals surface area contributed by atoms with Crippen LogP contribution in [-0.4, -0.2) is 16.9 Å². The van der Waals surface area contributed by atoms with E-state index in [0.717, 1.165) is 18.8 Å². The molecule has 0 saturated heterocycles. The highest BCUT2D eigenvalue weighted by molar-refractivity contribution is 5.98. The molecular formula is C14H21N3O. The maximum absolute atomic E-state index is 12.1. The molecule has 4 nitrogen and oxygen atoms in total. The molecule has 1 aliphatic carbocycles. The fraction of sp³-hybridized carbons (Fsp3) is 0.571. The van der Waals surface area contributed by atoms with E-state index in [9.17, 15) is 4.79 Å². The summed E-state index contributed by atoms with van der Waals surface area (Å²) in [4.78, 5) is 16.0. The Morgan fingerprint density at radius 3 is 3.11 bits per heavy atom. The first kappa shape index (κ1) is 12.9. The summed E-state index contributed by atoms with van der Waals surface area (Å²) in [5.41, 5.74) is 6.19. The predicted molar refractivity (Wildman–Crippen MR) is 72.2 cm³/mol. The summed E-state index contributed by atoms with van der Waals surface area (Å²) in [5, 5.41) is 3.08. The van der Waals surface area contributed by atoms with Gasteiger partial charge in [0.15, 0.2) is 0 Å². The van der Waals surface area contributed by atoms with Crippen LogP contribution in [0.4, 0.5) is 5.82 Å². The van der Waals surface area contributed by atoms with Gasteiger partial charge in [-0.3, -0.25) is 4.79 Å². The van der Waals surface area contributed by atoms with Crippen LogP contribution >= 0.6 is 0 Å². The summed E-state index contributed by atoms with van der Waals surface area (Å²) < 4.78 is 0. The van der Waals surface area contributed by atoms with E-state index in [4.69, 9.17) is 5.73 Å². The van der Waals surface area contributed by atoms with E-state index in [1.54, 1.807) is 18.3 Å². The molecule has 0 radical (unpaired) electrons. The number of carbonyl (C=O) groups is 1. The van der Waals surface area contributed by atoms with Gasteiger partial charge in [-0.2, -0.15) is 0 Å². The van der Waals surface area contributed by atoms with E-state index in [1.807, 2.05) is 0 Å². The first-order chi connectivity index (χ1) is 8.70. The molecule has 0 spiro atoms. The van der Waals surface area contributed by atoms with Gasteiger partial charge in [0.25, 0.3) is 5.91 Å². The fourth-order valence-corrected chi connectivity index (χ4v) is 2.67. The van der Waals surface area contributed by atoms with Gasteiger partial charge in [-0.1, -0.05) is 26.2 Å². The van der Waals surface area contributed by atoms with E-state index in [-0.39, 0.29) is 11.9 Å². The van der Waals surface area contributed by atoms with Crippen molar-refractivity contribution < 1.29 is 4.79 Å². The van der Waals surface area contributed by atoms with Gasteiger partial charge in [-0.15, -0.1) is 0 Å². The number of nitrogens with zero attached hydrogens (tertiary/aromatic N) is 1. The Labute approximate surface area is 108 Å². The third-order valence-electron chi connectivity index (χ3n) is 3.78. The molecule has 98 valence electrons. The molecule has 18 heavy (non-hydrogen) atoms. The number of hydrogen-bond acceptors (Lipinski definition) is 3. The van der Waals surface area contributed by atoms with E-state index < -0.39 is 0 Å². The fourth-order valence-electron chi connectivity index (χ4n) is 2.67. The van der Waals surface area contributed by atoms with Crippen LogP contribution in [0.1, 0.15) is 49.4 Å². The van der Waals surface area contributed by atoms with Crippen LogP contribution in [0.25, 0.3) is 0 Å². The number of nitrogens with one attached hydrogen (secondary N) is 1. The normalized spacial score (nSPS) is 23.6. The highest BCUT2D eigenvalue weighted by atomic mass is 16.1. The Morgan fingerprint density at radius 2 is 2.39 bits per heavy atom. The molecule has 2 rings (SSSR count). The minimum atomic E-state index is -0.0950. The van der Waals surface area contributed by atoms with Crippen LogP contribution in [-0.2, 0) is 0 Å². The number of nitrogens with two attached hydrogens (primary N) is 1. The van der Waals surface area contributed by atoms with Gasteiger partial charge < -0.3 is 11.1 Å². The number of hydrogen-bond donors (Lipinski definition) is 2. The Morgan fingerprint density at radius 1 is 1.56 bits per heavy atom. The molecule has 1 aliphatic rings. The largest absolute Gasteiger partial charge is 0.383 e. The van der Waals surface area contributed by atoms with Crippen molar-refractivity contribution in [1.82, 2.24) is 10.3 Å². The average Bonchev–Trinajstić information content (AvgIpc) is 2.39. The first-order valence-corrected chi connectivity index (χ1v) is 6.72. The quantitative estimate of drug-likeness (QED) is 0.861. The molecular weight excluding hydrogens is 226 g/mol. The molecule has 2 atom stereocenters. The van der Waals surface area contributed by atoms with Gasteiger partial charge in [0.2, 0.25) is 0 Å². The molecule has 1 aromatic rings. The predicted octanol–water partition coefficient (Wildman–Crippen LogP) is 2.36. The van der Waals surface area contributed by atoms with E-state index >= 15 is 0 Å². The topological polar surface area (TPSA) is 68.0 Å². The third-order valence-corrected chi connectivity index (χ3v) is 3.78. The van der Waals surface area contributed by atoms with Gasteiger partial charge in [-0.05, 0) is 30.9 Å². The number of pyridine rings is 1. The van der Waals surface area contributed by atoms with Crippen LogP contribution in [0.15, 0.2) is 18.3 Å². The lowest BCUT2D eigenvalue weighted by Gasteiger charge is -2.29. The molecule has 0 bridgehead atoms. The van der Waals surface area contributed by atoms with Crippen molar-refractivity contribution in [3.63, 3.8) is 0 Å². The Kier molecular flexibility index (Phi) is 4.18. The van der Waals surface area contributed by atoms with E-state index in [0.29, 0.717) is 11.4 Å². The van der Waals surface area contributed by atoms with E-state index in [1.165, 1.54) is 19.3 Å². The molecule has 0 aliphatic heterocycles. The van der Waals surface area contributed by atoms with Crippen molar-refractivity contribution in [3.8, 4) is 0 Å². The number of rotatable bonds is 3. The Hall–Kier alpha value is -1.58. The van der Waals surface area contributed by atoms with Crippen molar-refractivity contribution in [2.45, 2.75) is 45.1 Å². The van der Waals surface area contributed by atoms with Crippen molar-refractivity contribution in [2.24, 2.45) is 5.92 Å². The molecule has 1 saturated carbocycles. The summed E-state index contributed by atoms with van der Waals surface area (Å²) >= 11 is 0. The number of amides is 1. The minimum absolute atomic E-state index is 0.0950. The van der Waals surface area contributed by atoms with Crippen LogP contribution in [0.3, 0.4) is 0 Å². The highest BCUT2D eigenvalue weighted by Gasteiger charge is 2.23. The molecule has 1 amide bonds. The lowest BCUT2D eigenvalue weighted by Crippen LogP contribution is -2.38. The minimum Gasteiger partial charge on any atom is -0.383 e. The van der Waals surface area contributed by atoms with Crippen LogP contribution < -0.4 is 11.1 Å². The molecule has 1 aromatic heterocycles. The Balaban J connectivity index is 1.97. The lowest BCUT2D eigenvalue weighted by atomic mass is 9.84. The van der Waals surface area contributed by atoms with Crippen molar-refractivity contribution in [2.75, 3.05) is 5.73 Å². The summed E-state index contributed by atoms with van der Waals surface area (Å²) in [7, 11) is 0. The van der Waals surface area contributed by atoms with Crippen molar-refractivity contribution in [3.05, 3.63) is 23.9 Å². The molecule has 3 N–H and O–H groups in total. The van der Waals surface area contributed by atoms with E-state index in [2.05, 4.69) is 17.2 Å². The monoisotopic (exact) mass is 247 g/mol. The highest BCUT2D eigenvalue weighted by Crippen LogP contribution is 2.26. The first-order valence-electron chi connectivity index (χ1n) is 6.72. The maximum Gasteiger partial charge on any atom is 0.255 e. The smallest absolute Gasteiger partial charge is 0.255 e. The zero-order chi connectivity index (χ0) is 13.0. The second kappa shape index (κ2) is 5.85.